The summed E-state index contributed by atoms with van der Waals surface area (Å²) in [7, 11) is 5.29. The highest BCUT2D eigenvalue weighted by molar-refractivity contribution is 6.46. The minimum absolute atomic E-state index is 0.0344. The average molecular weight is 449 g/mol. The normalized spacial score (nSPS) is 13.5. The Bertz CT molecular complexity index is 1250. The van der Waals surface area contributed by atoms with Gasteiger partial charge in [-0.2, -0.15) is 0 Å². The maximum Gasteiger partial charge on any atom is 0.282 e. The van der Waals surface area contributed by atoms with Crippen LogP contribution in [0, 0.1) is 11.6 Å². The third kappa shape index (κ3) is 4.15. The summed E-state index contributed by atoms with van der Waals surface area (Å²) in [4.78, 5) is 29.8. The Balaban J connectivity index is 1.78. The van der Waals surface area contributed by atoms with Gasteiger partial charge in [0.15, 0.2) is 11.6 Å². The Kier molecular flexibility index (Phi) is 5.83. The van der Waals surface area contributed by atoms with Crippen LogP contribution in [0.25, 0.3) is 5.57 Å². The molecule has 0 radical (unpaired) electrons. The van der Waals surface area contributed by atoms with Crippen molar-refractivity contribution in [1.29, 1.82) is 0 Å². The molecule has 3 aromatic carbocycles. The number of hydrogen-bond acceptors (Lipinski definition) is 5. The number of nitrogens with one attached hydrogen (secondary N) is 1. The van der Waals surface area contributed by atoms with Crippen LogP contribution in [-0.4, -0.2) is 33.0 Å². The Morgan fingerprint density at radius 3 is 2.09 bits per heavy atom. The molecule has 6 nitrogen and oxygen atoms in total. The van der Waals surface area contributed by atoms with E-state index in [1.807, 2.05) is 19.0 Å². The molecular weight excluding hydrogens is 428 g/mol. The van der Waals surface area contributed by atoms with E-state index >= 15 is 0 Å². The molecule has 4 rings (SSSR count). The van der Waals surface area contributed by atoms with E-state index in [2.05, 4.69) is 5.32 Å². The average Bonchev–Trinajstić information content (AvgIpc) is 3.05. The van der Waals surface area contributed by atoms with E-state index in [-0.39, 0.29) is 17.0 Å². The minimum atomic E-state index is -1.07. The second-order valence-electron chi connectivity index (χ2n) is 7.59. The summed E-state index contributed by atoms with van der Waals surface area (Å²) in [6.07, 6.45) is 0. The second kappa shape index (κ2) is 8.74. The molecule has 3 aromatic rings. The number of benzene rings is 3. The van der Waals surface area contributed by atoms with Gasteiger partial charge in [0.05, 0.1) is 18.4 Å². The van der Waals surface area contributed by atoms with Crippen molar-refractivity contribution in [2.45, 2.75) is 0 Å². The number of anilines is 3. The predicted molar refractivity (Wildman–Crippen MR) is 123 cm³/mol. The zero-order valence-electron chi connectivity index (χ0n) is 18.2. The number of hydrogen-bond donors (Lipinski definition) is 1. The lowest BCUT2D eigenvalue weighted by atomic mass is 10.0. The Morgan fingerprint density at radius 1 is 0.848 bits per heavy atom. The number of imide groups is 1. The van der Waals surface area contributed by atoms with Crippen LogP contribution in [0.15, 0.2) is 72.4 Å². The van der Waals surface area contributed by atoms with Gasteiger partial charge < -0.3 is 15.0 Å². The van der Waals surface area contributed by atoms with E-state index in [9.17, 15) is 18.4 Å². The molecule has 0 fully saturated rings. The van der Waals surface area contributed by atoms with Crippen LogP contribution in [0.4, 0.5) is 25.8 Å². The Labute approximate surface area is 189 Å². The smallest absolute Gasteiger partial charge is 0.282 e. The molecule has 33 heavy (non-hydrogen) atoms. The Morgan fingerprint density at radius 2 is 1.52 bits per heavy atom. The number of carbonyl (C=O) groups is 2. The van der Waals surface area contributed by atoms with E-state index < -0.39 is 23.4 Å². The predicted octanol–water partition coefficient (Wildman–Crippen LogP) is 4.44. The summed E-state index contributed by atoms with van der Waals surface area (Å²) in [5, 5.41) is 2.82. The number of amides is 2. The number of rotatable bonds is 6. The third-order valence-corrected chi connectivity index (χ3v) is 5.28. The summed E-state index contributed by atoms with van der Waals surface area (Å²) in [5.74, 6) is -2.63. The van der Waals surface area contributed by atoms with Gasteiger partial charge in [-0.1, -0.05) is 12.1 Å². The van der Waals surface area contributed by atoms with E-state index in [1.165, 1.54) is 13.2 Å². The monoisotopic (exact) mass is 449 g/mol. The summed E-state index contributed by atoms with van der Waals surface area (Å²) >= 11 is 0. The van der Waals surface area contributed by atoms with E-state index in [4.69, 9.17) is 4.74 Å². The summed E-state index contributed by atoms with van der Waals surface area (Å²) in [6, 6.07) is 16.8. The number of ether oxygens (including phenoxy) is 1. The number of carbonyl (C=O) groups excluding carboxylic acids is 2. The van der Waals surface area contributed by atoms with E-state index in [0.717, 1.165) is 22.7 Å². The molecule has 0 aliphatic carbocycles. The molecule has 1 aliphatic heterocycles. The number of halogens is 2. The number of methoxy groups -OCH3 is 1. The van der Waals surface area contributed by atoms with Crippen molar-refractivity contribution in [2.75, 3.05) is 36.3 Å². The zero-order valence-corrected chi connectivity index (χ0v) is 18.2. The fourth-order valence-electron chi connectivity index (χ4n) is 3.52. The first kappa shape index (κ1) is 22.0. The van der Waals surface area contributed by atoms with Gasteiger partial charge in [0.2, 0.25) is 0 Å². The molecule has 168 valence electrons. The lowest BCUT2D eigenvalue weighted by Crippen LogP contribution is -2.32. The van der Waals surface area contributed by atoms with Gasteiger partial charge in [-0.15, -0.1) is 0 Å². The van der Waals surface area contributed by atoms with Crippen molar-refractivity contribution in [3.05, 3.63) is 89.6 Å². The summed E-state index contributed by atoms with van der Waals surface area (Å²) < 4.78 is 32.3. The molecule has 0 saturated heterocycles. The van der Waals surface area contributed by atoms with Crippen LogP contribution in [0.1, 0.15) is 5.56 Å². The van der Waals surface area contributed by atoms with Gasteiger partial charge in [0.1, 0.15) is 11.4 Å². The highest BCUT2D eigenvalue weighted by Gasteiger charge is 2.40. The molecule has 0 unspecified atom stereocenters. The van der Waals surface area contributed by atoms with Crippen molar-refractivity contribution in [3.8, 4) is 5.75 Å². The van der Waals surface area contributed by atoms with Crippen molar-refractivity contribution in [3.63, 3.8) is 0 Å². The maximum absolute atomic E-state index is 13.8. The van der Waals surface area contributed by atoms with Crippen LogP contribution in [0.2, 0.25) is 0 Å². The van der Waals surface area contributed by atoms with E-state index in [1.54, 1.807) is 48.5 Å². The highest BCUT2D eigenvalue weighted by atomic mass is 19.2. The van der Waals surface area contributed by atoms with Gasteiger partial charge in [-0.05, 0) is 54.1 Å². The first-order valence-corrected chi connectivity index (χ1v) is 10.1. The molecule has 0 saturated carbocycles. The van der Waals surface area contributed by atoms with Gasteiger partial charge in [-0.3, -0.25) is 9.59 Å². The standard InChI is InChI=1S/C25H21F2N3O3/c1-29(2)17-7-9-18(10-8-17)30-24(31)22(15-4-11-19(33-3)12-5-15)23(25(30)32)28-16-6-13-20(26)21(27)14-16/h4-14,28H,1-3H3. The van der Waals surface area contributed by atoms with Gasteiger partial charge in [0.25, 0.3) is 11.8 Å². The molecule has 8 heteroatoms. The SMILES string of the molecule is COc1ccc(C2=C(Nc3ccc(F)c(F)c3)C(=O)N(c3ccc(N(C)C)cc3)C2=O)cc1. The maximum atomic E-state index is 13.8. The second-order valence-corrected chi connectivity index (χ2v) is 7.59. The fraction of sp³-hybridized carbons (Fsp3) is 0.120. The molecular formula is C25H21F2N3O3. The third-order valence-electron chi connectivity index (χ3n) is 5.28. The van der Waals surface area contributed by atoms with Crippen LogP contribution < -0.4 is 19.9 Å². The molecule has 0 spiro atoms. The molecule has 1 N–H and O–H groups in total. The van der Waals surface area contributed by atoms with Crippen molar-refractivity contribution >= 4 is 34.4 Å². The summed E-state index contributed by atoms with van der Waals surface area (Å²) in [6.45, 7) is 0. The molecule has 1 aliphatic rings. The minimum Gasteiger partial charge on any atom is -0.497 e. The molecule has 0 bridgehead atoms. The molecule has 0 atom stereocenters. The zero-order chi connectivity index (χ0) is 23.7. The Hall–Kier alpha value is -4.20. The highest BCUT2D eigenvalue weighted by Crippen LogP contribution is 2.35. The van der Waals surface area contributed by atoms with Crippen LogP contribution in [0.5, 0.6) is 5.75 Å². The quantitative estimate of drug-likeness (QED) is 0.564. The van der Waals surface area contributed by atoms with Gasteiger partial charge >= 0.3 is 0 Å². The van der Waals surface area contributed by atoms with Crippen LogP contribution in [-0.2, 0) is 9.59 Å². The fourth-order valence-corrected chi connectivity index (χ4v) is 3.52. The van der Waals surface area contributed by atoms with Crippen molar-refractivity contribution in [1.82, 2.24) is 0 Å². The van der Waals surface area contributed by atoms with Crippen LogP contribution in [0.3, 0.4) is 0 Å². The molecule has 0 aromatic heterocycles. The van der Waals surface area contributed by atoms with Crippen LogP contribution >= 0.6 is 0 Å². The first-order chi connectivity index (χ1) is 15.8. The lowest BCUT2D eigenvalue weighted by Gasteiger charge is -2.18. The number of nitrogens with zero attached hydrogens (tertiary/aromatic N) is 2. The largest absolute Gasteiger partial charge is 0.497 e. The summed E-state index contributed by atoms with van der Waals surface area (Å²) in [5.41, 5.74) is 1.99. The first-order valence-electron chi connectivity index (χ1n) is 10.1. The molecule has 1 heterocycles. The lowest BCUT2D eigenvalue weighted by molar-refractivity contribution is -0.120. The van der Waals surface area contributed by atoms with Gasteiger partial charge in [0, 0.05) is 31.5 Å². The van der Waals surface area contributed by atoms with Crippen molar-refractivity contribution < 1.29 is 23.1 Å². The topological polar surface area (TPSA) is 61.9 Å². The molecule has 2 amide bonds. The van der Waals surface area contributed by atoms with E-state index in [0.29, 0.717) is 17.0 Å². The van der Waals surface area contributed by atoms with Gasteiger partial charge in [-0.25, -0.2) is 13.7 Å². The van der Waals surface area contributed by atoms with Crippen molar-refractivity contribution in [2.24, 2.45) is 0 Å².